The number of nitrogens with one attached hydrogen (secondary N) is 2. The van der Waals surface area contributed by atoms with Gasteiger partial charge in [-0.3, -0.25) is 0 Å². The number of thiophene rings is 1. The van der Waals surface area contributed by atoms with E-state index in [1.165, 1.54) is 20.5 Å². The molecule has 0 bridgehead atoms. The molecule has 0 amide bonds. The quantitative estimate of drug-likeness (QED) is 0.436. The third-order valence-corrected chi connectivity index (χ3v) is 8.55. The minimum Gasteiger partial charge on any atom is -0.357 e. The second-order valence-corrected chi connectivity index (χ2v) is 10.7. The van der Waals surface area contributed by atoms with Crippen molar-refractivity contribution >= 4 is 38.7 Å². The van der Waals surface area contributed by atoms with E-state index in [0.29, 0.717) is 30.4 Å². The summed E-state index contributed by atoms with van der Waals surface area (Å²) in [6, 6.07) is 3.60. The molecule has 0 radical (unpaired) electrons. The van der Waals surface area contributed by atoms with Gasteiger partial charge >= 0.3 is 0 Å². The van der Waals surface area contributed by atoms with Crippen LogP contribution in [0.5, 0.6) is 0 Å². The van der Waals surface area contributed by atoms with E-state index in [4.69, 9.17) is 0 Å². The molecular weight excluding hydrogens is 414 g/mol. The van der Waals surface area contributed by atoms with Gasteiger partial charge in [0.1, 0.15) is 9.22 Å². The number of aliphatic imine (C=N–C) groups is 1. The number of aryl methyl sites for hydroxylation is 1. The minimum atomic E-state index is -3.38. The van der Waals surface area contributed by atoms with E-state index in [2.05, 4.69) is 20.6 Å². The van der Waals surface area contributed by atoms with E-state index in [9.17, 15) is 8.42 Å². The number of hydrogen-bond donors (Lipinski definition) is 2. The fourth-order valence-electron chi connectivity index (χ4n) is 2.59. The molecule has 0 atom stereocenters. The molecule has 156 valence electrons. The normalized spacial score (nSPS) is 12.5. The zero-order valence-electron chi connectivity index (χ0n) is 16.9. The van der Waals surface area contributed by atoms with Gasteiger partial charge in [0.2, 0.25) is 0 Å². The highest BCUT2D eigenvalue weighted by molar-refractivity contribution is 7.91. The standard InChI is InChI=1S/C18H29N5O2S3/c1-5-19-18(22-13-16-21-12-14(4)26-16)20-11-10-15-8-9-17(27-15)28(24,25)23(6-2)7-3/h8-9,12H,5-7,10-11,13H2,1-4H3,(H2,19,20,22). The lowest BCUT2D eigenvalue weighted by atomic mass is 10.3. The maximum absolute atomic E-state index is 12.6. The van der Waals surface area contributed by atoms with Crippen LogP contribution < -0.4 is 10.6 Å². The molecule has 2 rings (SSSR count). The first kappa shape index (κ1) is 22.8. The highest BCUT2D eigenvalue weighted by Crippen LogP contribution is 2.25. The molecule has 2 N–H and O–H groups in total. The molecule has 0 spiro atoms. The summed E-state index contributed by atoms with van der Waals surface area (Å²) in [6.45, 7) is 10.7. The van der Waals surface area contributed by atoms with Crippen molar-refractivity contribution in [1.29, 1.82) is 0 Å². The highest BCUT2D eigenvalue weighted by Gasteiger charge is 2.23. The molecule has 0 unspecified atom stereocenters. The van der Waals surface area contributed by atoms with Gasteiger partial charge in [-0.1, -0.05) is 13.8 Å². The molecule has 2 aromatic heterocycles. The number of nitrogens with zero attached hydrogens (tertiary/aromatic N) is 3. The van der Waals surface area contributed by atoms with Gasteiger partial charge in [0, 0.05) is 42.1 Å². The molecule has 7 nitrogen and oxygen atoms in total. The van der Waals surface area contributed by atoms with E-state index in [-0.39, 0.29) is 0 Å². The van der Waals surface area contributed by atoms with Gasteiger partial charge in [-0.25, -0.2) is 18.4 Å². The van der Waals surface area contributed by atoms with Crippen molar-refractivity contribution in [2.75, 3.05) is 26.2 Å². The Morgan fingerprint density at radius 3 is 2.54 bits per heavy atom. The van der Waals surface area contributed by atoms with Crippen LogP contribution in [0.1, 0.15) is 35.5 Å². The molecule has 0 aliphatic carbocycles. The topological polar surface area (TPSA) is 86.7 Å². The summed E-state index contributed by atoms with van der Waals surface area (Å²) in [6.07, 6.45) is 2.59. The SMILES string of the molecule is CCNC(=NCc1ncc(C)s1)NCCc1ccc(S(=O)(=O)N(CC)CC)s1. The first-order valence-electron chi connectivity index (χ1n) is 9.43. The summed E-state index contributed by atoms with van der Waals surface area (Å²) in [7, 11) is -3.38. The fourth-order valence-corrected chi connectivity index (χ4v) is 6.27. The van der Waals surface area contributed by atoms with Crippen molar-refractivity contribution in [3.63, 3.8) is 0 Å². The van der Waals surface area contributed by atoms with Crippen molar-refractivity contribution in [2.24, 2.45) is 4.99 Å². The van der Waals surface area contributed by atoms with Crippen molar-refractivity contribution < 1.29 is 8.42 Å². The Hall–Kier alpha value is -1.49. The molecule has 0 aliphatic rings. The van der Waals surface area contributed by atoms with Crippen molar-refractivity contribution in [3.05, 3.63) is 33.1 Å². The van der Waals surface area contributed by atoms with Crippen molar-refractivity contribution in [2.45, 2.75) is 44.9 Å². The second kappa shape index (κ2) is 10.9. The van der Waals surface area contributed by atoms with Gasteiger partial charge in [0.15, 0.2) is 5.96 Å². The number of thiazole rings is 1. The van der Waals surface area contributed by atoms with E-state index in [0.717, 1.165) is 28.8 Å². The Morgan fingerprint density at radius 2 is 1.93 bits per heavy atom. The first-order valence-corrected chi connectivity index (χ1v) is 12.5. The van der Waals surface area contributed by atoms with E-state index < -0.39 is 10.0 Å². The lowest BCUT2D eigenvalue weighted by Crippen LogP contribution is -2.38. The Balaban J connectivity index is 1.93. The number of hydrogen-bond acceptors (Lipinski definition) is 6. The van der Waals surface area contributed by atoms with E-state index in [1.54, 1.807) is 17.4 Å². The summed E-state index contributed by atoms with van der Waals surface area (Å²) in [5.41, 5.74) is 0. The minimum absolute atomic E-state index is 0.408. The number of sulfonamides is 1. The van der Waals surface area contributed by atoms with Gasteiger partial charge in [-0.2, -0.15) is 4.31 Å². The molecular formula is C18H29N5O2S3. The molecule has 2 heterocycles. The molecule has 0 aliphatic heterocycles. The molecule has 2 aromatic rings. The first-order chi connectivity index (χ1) is 13.4. The molecule has 0 fully saturated rings. The summed E-state index contributed by atoms with van der Waals surface area (Å²) in [4.78, 5) is 11.1. The number of aromatic nitrogens is 1. The molecule has 0 saturated carbocycles. The number of guanidine groups is 1. The van der Waals surface area contributed by atoms with Gasteiger partial charge in [-0.05, 0) is 32.4 Å². The van der Waals surface area contributed by atoms with Gasteiger partial charge < -0.3 is 10.6 Å². The Morgan fingerprint density at radius 1 is 1.18 bits per heavy atom. The second-order valence-electron chi connectivity index (χ2n) is 6.05. The van der Waals surface area contributed by atoms with Crippen LogP contribution in [-0.4, -0.2) is 49.8 Å². The van der Waals surface area contributed by atoms with Gasteiger partial charge in [0.25, 0.3) is 10.0 Å². The number of rotatable bonds is 10. The van der Waals surface area contributed by atoms with Gasteiger partial charge in [0.05, 0.1) is 6.54 Å². The Kier molecular flexibility index (Phi) is 8.87. The van der Waals surface area contributed by atoms with Crippen LogP contribution in [0, 0.1) is 6.92 Å². The van der Waals surface area contributed by atoms with Crippen molar-refractivity contribution in [3.8, 4) is 0 Å². The predicted octanol–water partition coefficient (Wildman–Crippen LogP) is 2.84. The monoisotopic (exact) mass is 443 g/mol. The summed E-state index contributed by atoms with van der Waals surface area (Å²) in [5, 5.41) is 7.51. The van der Waals surface area contributed by atoms with Crippen LogP contribution in [0.4, 0.5) is 0 Å². The van der Waals surface area contributed by atoms with Crippen LogP contribution in [0.25, 0.3) is 0 Å². The zero-order chi connectivity index (χ0) is 20.6. The Bertz CT molecular complexity index is 869. The Labute approximate surface area is 176 Å². The van der Waals surface area contributed by atoms with Crippen LogP contribution >= 0.6 is 22.7 Å². The van der Waals surface area contributed by atoms with Crippen molar-refractivity contribution in [1.82, 2.24) is 19.9 Å². The van der Waals surface area contributed by atoms with Crippen LogP contribution in [0.2, 0.25) is 0 Å². The average Bonchev–Trinajstić information content (AvgIpc) is 3.30. The lowest BCUT2D eigenvalue weighted by molar-refractivity contribution is 0.447. The molecule has 0 saturated heterocycles. The van der Waals surface area contributed by atoms with Gasteiger partial charge in [-0.15, -0.1) is 22.7 Å². The fraction of sp³-hybridized carbons (Fsp3) is 0.556. The third kappa shape index (κ3) is 6.26. The van der Waals surface area contributed by atoms with Crippen LogP contribution in [0.15, 0.2) is 27.5 Å². The summed E-state index contributed by atoms with van der Waals surface area (Å²) < 4.78 is 27.1. The summed E-state index contributed by atoms with van der Waals surface area (Å²) in [5.74, 6) is 0.739. The molecule has 28 heavy (non-hydrogen) atoms. The van der Waals surface area contributed by atoms with E-state index >= 15 is 0 Å². The molecule has 10 heteroatoms. The van der Waals surface area contributed by atoms with Crippen LogP contribution in [-0.2, 0) is 23.0 Å². The zero-order valence-corrected chi connectivity index (χ0v) is 19.3. The lowest BCUT2D eigenvalue weighted by Gasteiger charge is -2.16. The highest BCUT2D eigenvalue weighted by atomic mass is 32.2. The third-order valence-electron chi connectivity index (χ3n) is 3.99. The summed E-state index contributed by atoms with van der Waals surface area (Å²) >= 11 is 2.99. The molecule has 0 aromatic carbocycles. The maximum atomic E-state index is 12.6. The average molecular weight is 444 g/mol. The smallest absolute Gasteiger partial charge is 0.252 e. The van der Waals surface area contributed by atoms with Crippen LogP contribution in [0.3, 0.4) is 0 Å². The maximum Gasteiger partial charge on any atom is 0.252 e. The van der Waals surface area contributed by atoms with E-state index in [1.807, 2.05) is 40.0 Å². The predicted molar refractivity (Wildman–Crippen MR) is 118 cm³/mol. The largest absolute Gasteiger partial charge is 0.357 e.